The van der Waals surface area contributed by atoms with Gasteiger partial charge in [-0.25, -0.2) is 9.78 Å². The molecule has 0 spiro atoms. The number of amides is 2. The standard InChI is InChI=1S/C17H24N6OS/c1-13-16(25-12-19-13)11-21-9-14-4-5-20-23(14)15(10-21)8-18-17(24)22-6-2-3-7-22/h4-5,12,15H,2-3,6-11H2,1H3,(H,18,24)/t15-/m1/s1. The van der Waals surface area contributed by atoms with E-state index in [-0.39, 0.29) is 12.1 Å². The average molecular weight is 360 g/mol. The molecule has 0 saturated carbocycles. The van der Waals surface area contributed by atoms with Crippen LogP contribution in [0.2, 0.25) is 0 Å². The largest absolute Gasteiger partial charge is 0.336 e. The van der Waals surface area contributed by atoms with Crippen molar-refractivity contribution in [1.29, 1.82) is 0 Å². The molecule has 0 bridgehead atoms. The summed E-state index contributed by atoms with van der Waals surface area (Å²) in [4.78, 5) is 22.3. The van der Waals surface area contributed by atoms with Crippen LogP contribution in [0.3, 0.4) is 0 Å². The lowest BCUT2D eigenvalue weighted by Crippen LogP contribution is -2.45. The number of hydrogen-bond acceptors (Lipinski definition) is 5. The van der Waals surface area contributed by atoms with Crippen molar-refractivity contribution in [3.63, 3.8) is 0 Å². The molecular formula is C17H24N6OS. The Labute approximate surface area is 151 Å². The van der Waals surface area contributed by atoms with Gasteiger partial charge in [0, 0.05) is 50.3 Å². The normalized spacial score (nSPS) is 20.7. The molecule has 2 aliphatic heterocycles. The number of hydrogen-bond donors (Lipinski definition) is 1. The SMILES string of the molecule is Cc1ncsc1CN1Cc2ccnn2[C@H](CNC(=O)N2CCCC2)C1. The summed E-state index contributed by atoms with van der Waals surface area (Å²) in [5, 5.41) is 7.58. The molecule has 134 valence electrons. The lowest BCUT2D eigenvalue weighted by Gasteiger charge is -2.34. The average Bonchev–Trinajstić information content (AvgIpc) is 3.34. The Kier molecular flexibility index (Phi) is 4.72. The zero-order valence-corrected chi connectivity index (χ0v) is 15.3. The van der Waals surface area contributed by atoms with Gasteiger partial charge in [0.1, 0.15) is 0 Å². The molecule has 0 aromatic carbocycles. The Morgan fingerprint density at radius 1 is 1.40 bits per heavy atom. The third kappa shape index (κ3) is 3.55. The molecule has 0 aliphatic carbocycles. The molecule has 2 aromatic heterocycles. The second kappa shape index (κ2) is 7.13. The van der Waals surface area contributed by atoms with Crippen molar-refractivity contribution in [3.05, 3.63) is 34.0 Å². The minimum Gasteiger partial charge on any atom is -0.336 e. The first kappa shape index (κ1) is 16.5. The highest BCUT2D eigenvalue weighted by molar-refractivity contribution is 7.09. The number of aryl methyl sites for hydroxylation is 1. The molecule has 1 fully saturated rings. The lowest BCUT2D eigenvalue weighted by molar-refractivity contribution is 0.162. The van der Waals surface area contributed by atoms with Gasteiger partial charge in [-0.15, -0.1) is 11.3 Å². The number of carbonyl (C=O) groups is 1. The summed E-state index contributed by atoms with van der Waals surface area (Å²) >= 11 is 1.71. The van der Waals surface area contributed by atoms with E-state index in [1.807, 2.05) is 16.6 Å². The Bertz CT molecular complexity index is 735. The summed E-state index contributed by atoms with van der Waals surface area (Å²) in [6, 6.07) is 2.29. The molecule has 8 heteroatoms. The van der Waals surface area contributed by atoms with Crippen LogP contribution in [0, 0.1) is 6.92 Å². The van der Waals surface area contributed by atoms with Crippen molar-refractivity contribution < 1.29 is 4.79 Å². The first-order chi connectivity index (χ1) is 12.2. The molecule has 2 aromatic rings. The summed E-state index contributed by atoms with van der Waals surface area (Å²) in [7, 11) is 0. The van der Waals surface area contributed by atoms with E-state index in [2.05, 4.69) is 38.0 Å². The third-order valence-electron chi connectivity index (χ3n) is 5.05. The van der Waals surface area contributed by atoms with Crippen LogP contribution in [-0.4, -0.2) is 56.8 Å². The van der Waals surface area contributed by atoms with E-state index in [4.69, 9.17) is 0 Å². The number of aromatic nitrogens is 3. The van der Waals surface area contributed by atoms with Crippen LogP contribution in [0.15, 0.2) is 17.8 Å². The van der Waals surface area contributed by atoms with E-state index in [1.165, 1.54) is 10.6 Å². The van der Waals surface area contributed by atoms with Crippen LogP contribution in [0.1, 0.15) is 35.1 Å². The molecule has 0 unspecified atom stereocenters. The summed E-state index contributed by atoms with van der Waals surface area (Å²) in [6.45, 7) is 7.09. The van der Waals surface area contributed by atoms with Crippen molar-refractivity contribution in [1.82, 2.24) is 29.9 Å². The molecule has 4 rings (SSSR count). The molecule has 2 amide bonds. The fraction of sp³-hybridized carbons (Fsp3) is 0.588. The topological polar surface area (TPSA) is 66.3 Å². The Hall–Kier alpha value is -1.93. The maximum Gasteiger partial charge on any atom is 0.317 e. The predicted octanol–water partition coefficient (Wildman–Crippen LogP) is 2.01. The van der Waals surface area contributed by atoms with E-state index < -0.39 is 0 Å². The summed E-state index contributed by atoms with van der Waals surface area (Å²) in [5.41, 5.74) is 4.23. The van der Waals surface area contributed by atoms with Crippen LogP contribution >= 0.6 is 11.3 Å². The van der Waals surface area contributed by atoms with Gasteiger partial charge in [0.25, 0.3) is 0 Å². The van der Waals surface area contributed by atoms with Gasteiger partial charge < -0.3 is 10.2 Å². The predicted molar refractivity (Wildman–Crippen MR) is 96.4 cm³/mol. The highest BCUT2D eigenvalue weighted by Gasteiger charge is 2.27. The van der Waals surface area contributed by atoms with E-state index in [9.17, 15) is 4.79 Å². The number of rotatable bonds is 4. The number of carbonyl (C=O) groups excluding carboxylic acids is 1. The summed E-state index contributed by atoms with van der Waals surface area (Å²) in [6.07, 6.45) is 4.08. The quantitative estimate of drug-likeness (QED) is 0.906. The highest BCUT2D eigenvalue weighted by Crippen LogP contribution is 2.24. The number of thiazole rings is 1. The molecule has 0 radical (unpaired) electrons. The van der Waals surface area contributed by atoms with Crippen molar-refractivity contribution >= 4 is 17.4 Å². The van der Waals surface area contributed by atoms with Gasteiger partial charge >= 0.3 is 6.03 Å². The molecule has 25 heavy (non-hydrogen) atoms. The minimum atomic E-state index is 0.0571. The molecule has 4 heterocycles. The van der Waals surface area contributed by atoms with Gasteiger partial charge in [0.05, 0.1) is 22.9 Å². The molecule has 7 nitrogen and oxygen atoms in total. The fourth-order valence-corrected chi connectivity index (χ4v) is 4.47. The van der Waals surface area contributed by atoms with E-state index in [0.717, 1.165) is 51.3 Å². The van der Waals surface area contributed by atoms with E-state index >= 15 is 0 Å². The number of nitrogens with zero attached hydrogens (tertiary/aromatic N) is 5. The second-order valence-corrected chi connectivity index (χ2v) is 7.77. The van der Waals surface area contributed by atoms with Gasteiger partial charge in [0.15, 0.2) is 0 Å². The van der Waals surface area contributed by atoms with Crippen LogP contribution < -0.4 is 5.32 Å². The Balaban J connectivity index is 1.41. The summed E-state index contributed by atoms with van der Waals surface area (Å²) < 4.78 is 2.07. The first-order valence-electron chi connectivity index (χ1n) is 8.87. The fourth-order valence-electron chi connectivity index (χ4n) is 3.65. The zero-order valence-electron chi connectivity index (χ0n) is 14.5. The maximum atomic E-state index is 12.3. The number of fused-ring (bicyclic) bond motifs is 1. The number of likely N-dealkylation sites (tertiary alicyclic amines) is 1. The van der Waals surface area contributed by atoms with Gasteiger partial charge in [-0.3, -0.25) is 9.58 Å². The lowest BCUT2D eigenvalue weighted by atomic mass is 10.2. The Morgan fingerprint density at radius 2 is 2.24 bits per heavy atom. The molecule has 1 saturated heterocycles. The number of urea groups is 1. The van der Waals surface area contributed by atoms with Crippen molar-refractivity contribution in [3.8, 4) is 0 Å². The molecule has 1 N–H and O–H groups in total. The van der Waals surface area contributed by atoms with Crippen molar-refractivity contribution in [2.45, 2.75) is 38.9 Å². The van der Waals surface area contributed by atoms with Crippen LogP contribution in [0.5, 0.6) is 0 Å². The van der Waals surface area contributed by atoms with Crippen LogP contribution in [-0.2, 0) is 13.1 Å². The highest BCUT2D eigenvalue weighted by atomic mass is 32.1. The molecule has 2 aliphatic rings. The van der Waals surface area contributed by atoms with Gasteiger partial charge in [-0.05, 0) is 25.8 Å². The molecule has 1 atom stereocenters. The molecular weight excluding hydrogens is 336 g/mol. The number of nitrogens with one attached hydrogen (secondary N) is 1. The third-order valence-corrected chi connectivity index (χ3v) is 5.97. The monoisotopic (exact) mass is 360 g/mol. The van der Waals surface area contributed by atoms with Crippen molar-refractivity contribution in [2.24, 2.45) is 0 Å². The maximum absolute atomic E-state index is 12.3. The van der Waals surface area contributed by atoms with Gasteiger partial charge in [-0.1, -0.05) is 0 Å². The zero-order chi connectivity index (χ0) is 17.2. The van der Waals surface area contributed by atoms with Gasteiger partial charge in [0.2, 0.25) is 0 Å². The van der Waals surface area contributed by atoms with Crippen LogP contribution in [0.4, 0.5) is 4.79 Å². The first-order valence-corrected chi connectivity index (χ1v) is 9.75. The van der Waals surface area contributed by atoms with E-state index in [0.29, 0.717) is 6.54 Å². The second-order valence-electron chi connectivity index (χ2n) is 6.83. The van der Waals surface area contributed by atoms with E-state index in [1.54, 1.807) is 11.3 Å². The van der Waals surface area contributed by atoms with Crippen molar-refractivity contribution in [2.75, 3.05) is 26.2 Å². The Morgan fingerprint density at radius 3 is 3.00 bits per heavy atom. The summed E-state index contributed by atoms with van der Waals surface area (Å²) in [5.74, 6) is 0. The van der Waals surface area contributed by atoms with Gasteiger partial charge in [-0.2, -0.15) is 5.10 Å². The minimum absolute atomic E-state index is 0.0571. The smallest absolute Gasteiger partial charge is 0.317 e. The van der Waals surface area contributed by atoms with Crippen LogP contribution in [0.25, 0.3) is 0 Å².